The largest absolute Gasteiger partial charge is 0.744 e. The van der Waals surface area contributed by atoms with Crippen molar-refractivity contribution in [2.24, 2.45) is 7.05 Å². The summed E-state index contributed by atoms with van der Waals surface area (Å²) in [5.41, 5.74) is 3.31. The van der Waals surface area contributed by atoms with Crippen molar-refractivity contribution in [2.75, 3.05) is 6.61 Å². The van der Waals surface area contributed by atoms with E-state index in [1.165, 1.54) is 23.3 Å². The van der Waals surface area contributed by atoms with Gasteiger partial charge in [-0.25, -0.2) is 13.0 Å². The molecule has 0 N–H and O–H groups in total. The molecule has 0 spiro atoms. The van der Waals surface area contributed by atoms with Crippen molar-refractivity contribution in [2.45, 2.75) is 31.6 Å². The molecule has 0 radical (unpaired) electrons. The van der Waals surface area contributed by atoms with Gasteiger partial charge in [0.2, 0.25) is 0 Å². The second kappa shape index (κ2) is 12.0. The molecule has 0 aliphatic carbocycles. The van der Waals surface area contributed by atoms with Crippen LogP contribution in [0.4, 0.5) is 0 Å². The van der Waals surface area contributed by atoms with Gasteiger partial charge in [-0.05, 0) is 48.7 Å². The summed E-state index contributed by atoms with van der Waals surface area (Å²) < 4.78 is 38.8. The fourth-order valence-electron chi connectivity index (χ4n) is 2.53. The monoisotopic (exact) mass is 439 g/mol. The van der Waals surface area contributed by atoms with E-state index in [0.29, 0.717) is 0 Å². The molecule has 1 aromatic heterocycles. The van der Waals surface area contributed by atoms with Crippen LogP contribution in [-0.2, 0) is 17.2 Å². The molecule has 2 aromatic carbocycles. The van der Waals surface area contributed by atoms with E-state index in [1.54, 1.807) is 12.1 Å². The summed E-state index contributed by atoms with van der Waals surface area (Å²) in [5.74, 6) is 0.947. The molecule has 164 valence electrons. The number of aromatic nitrogens is 1. The molecule has 0 atom stereocenters. The Labute approximate surface area is 185 Å². The van der Waals surface area contributed by atoms with Gasteiger partial charge in [-0.1, -0.05) is 55.3 Å². The average molecular weight is 440 g/mol. The van der Waals surface area contributed by atoms with Crippen molar-refractivity contribution < 1.29 is 22.3 Å². The number of pyridine rings is 1. The van der Waals surface area contributed by atoms with Crippen LogP contribution in [0.25, 0.3) is 12.2 Å². The highest BCUT2D eigenvalue weighted by Crippen LogP contribution is 2.15. The normalized spacial score (nSPS) is 11.1. The van der Waals surface area contributed by atoms with Gasteiger partial charge in [0, 0.05) is 12.1 Å². The summed E-state index contributed by atoms with van der Waals surface area (Å²) in [6, 6.07) is 18.2. The Bertz CT molecular complexity index is 1060. The van der Waals surface area contributed by atoms with E-state index in [2.05, 4.69) is 43.3 Å². The molecule has 1 heterocycles. The Morgan fingerprint density at radius 3 is 1.97 bits per heavy atom. The Morgan fingerprint density at radius 2 is 1.45 bits per heavy atom. The molecule has 0 unspecified atom stereocenters. The molecule has 6 heteroatoms. The van der Waals surface area contributed by atoms with Crippen molar-refractivity contribution in [1.82, 2.24) is 0 Å². The lowest BCUT2D eigenvalue weighted by Gasteiger charge is -2.05. The topological polar surface area (TPSA) is 70.3 Å². The van der Waals surface area contributed by atoms with Gasteiger partial charge < -0.3 is 9.29 Å². The van der Waals surface area contributed by atoms with Crippen LogP contribution in [0.3, 0.4) is 0 Å². The maximum Gasteiger partial charge on any atom is 0.169 e. The molecule has 0 aliphatic rings. The number of benzene rings is 2. The second-order valence-corrected chi connectivity index (χ2v) is 8.55. The first-order chi connectivity index (χ1) is 14.8. The van der Waals surface area contributed by atoms with Gasteiger partial charge in [0.1, 0.15) is 22.9 Å². The number of ether oxygens (including phenoxy) is 1. The van der Waals surface area contributed by atoms with E-state index in [4.69, 9.17) is 4.74 Å². The minimum atomic E-state index is -4.27. The third kappa shape index (κ3) is 9.15. The molecule has 3 rings (SSSR count). The minimum Gasteiger partial charge on any atom is -0.744 e. The highest BCUT2D eigenvalue weighted by atomic mass is 32.2. The van der Waals surface area contributed by atoms with Gasteiger partial charge in [-0.2, -0.15) is 0 Å². The maximum atomic E-state index is 10.4. The Hall–Kier alpha value is -2.96. The molecule has 0 amide bonds. The Balaban J connectivity index is 0.000000262. The molecule has 0 bridgehead atoms. The SMILES string of the molecule is CCCCOc1ccc(/C=C/c2cc[n+](C)cc2)cc1.Cc1ccc(S(=O)(=O)[O-])cc1. The smallest absolute Gasteiger partial charge is 0.169 e. The molecule has 0 saturated carbocycles. The number of nitrogens with zero attached hydrogens (tertiary/aromatic N) is 1. The minimum absolute atomic E-state index is 0.178. The molecule has 0 saturated heterocycles. The quantitative estimate of drug-likeness (QED) is 0.302. The fourth-order valence-corrected chi connectivity index (χ4v) is 3.00. The number of unbranched alkanes of at least 4 members (excludes halogenated alkanes) is 1. The van der Waals surface area contributed by atoms with Gasteiger partial charge in [-0.15, -0.1) is 0 Å². The van der Waals surface area contributed by atoms with Crippen LogP contribution in [-0.4, -0.2) is 19.6 Å². The summed E-state index contributed by atoms with van der Waals surface area (Å²) in [7, 11) is -2.25. The zero-order chi connectivity index (χ0) is 22.7. The van der Waals surface area contributed by atoms with Gasteiger partial charge >= 0.3 is 0 Å². The number of hydrogen-bond acceptors (Lipinski definition) is 4. The predicted molar refractivity (Wildman–Crippen MR) is 123 cm³/mol. The van der Waals surface area contributed by atoms with Crippen LogP contribution in [0, 0.1) is 6.92 Å². The van der Waals surface area contributed by atoms with Crippen LogP contribution in [0.2, 0.25) is 0 Å². The zero-order valence-electron chi connectivity index (χ0n) is 18.2. The summed E-state index contributed by atoms with van der Waals surface area (Å²) >= 11 is 0. The van der Waals surface area contributed by atoms with Gasteiger partial charge in [0.05, 0.1) is 11.5 Å². The third-order valence-corrected chi connectivity index (χ3v) is 5.28. The fraction of sp³-hybridized carbons (Fsp3) is 0.240. The van der Waals surface area contributed by atoms with Crippen molar-refractivity contribution in [1.29, 1.82) is 0 Å². The highest BCUT2D eigenvalue weighted by molar-refractivity contribution is 7.85. The van der Waals surface area contributed by atoms with Crippen LogP contribution < -0.4 is 9.30 Å². The van der Waals surface area contributed by atoms with E-state index < -0.39 is 10.1 Å². The first-order valence-electron chi connectivity index (χ1n) is 10.2. The van der Waals surface area contributed by atoms with Crippen molar-refractivity contribution >= 4 is 22.3 Å². The lowest BCUT2D eigenvalue weighted by atomic mass is 10.1. The zero-order valence-corrected chi connectivity index (χ0v) is 19.0. The van der Waals surface area contributed by atoms with Gasteiger partial charge in [0.25, 0.3) is 0 Å². The average Bonchev–Trinajstić information content (AvgIpc) is 2.75. The highest BCUT2D eigenvalue weighted by Gasteiger charge is 1.98. The molecule has 0 aliphatic heterocycles. The van der Waals surface area contributed by atoms with Crippen LogP contribution in [0.15, 0.2) is 78.0 Å². The van der Waals surface area contributed by atoms with E-state index in [-0.39, 0.29) is 4.90 Å². The molecular formula is C25H29NO4S. The first-order valence-corrected chi connectivity index (χ1v) is 11.6. The number of hydrogen-bond donors (Lipinski definition) is 0. The molecule has 3 aromatic rings. The van der Waals surface area contributed by atoms with E-state index in [9.17, 15) is 13.0 Å². The molecule has 31 heavy (non-hydrogen) atoms. The van der Waals surface area contributed by atoms with Crippen molar-refractivity contribution in [3.8, 4) is 5.75 Å². The van der Waals surface area contributed by atoms with E-state index >= 15 is 0 Å². The summed E-state index contributed by atoms with van der Waals surface area (Å²) in [6.07, 6.45) is 10.6. The van der Waals surface area contributed by atoms with Crippen LogP contribution in [0.5, 0.6) is 5.75 Å². The van der Waals surface area contributed by atoms with Crippen LogP contribution >= 0.6 is 0 Å². The Kier molecular flexibility index (Phi) is 9.43. The van der Waals surface area contributed by atoms with E-state index in [0.717, 1.165) is 30.8 Å². The molecular weight excluding hydrogens is 410 g/mol. The first kappa shape index (κ1) is 24.3. The van der Waals surface area contributed by atoms with Gasteiger partial charge in [0.15, 0.2) is 12.4 Å². The third-order valence-electron chi connectivity index (χ3n) is 4.43. The standard InChI is InChI=1S/C18H22NO.C7H8O3S/c1-3-4-15-20-18-9-7-16(8-10-18)5-6-17-11-13-19(2)14-12-17;1-6-2-4-7(5-3-6)11(8,9)10/h5-14H,3-4,15H2,1-2H3;2-5H,1H3,(H,8,9,10)/q+1;/p-1/b6-5+;. The maximum absolute atomic E-state index is 10.4. The molecule has 5 nitrogen and oxygen atoms in total. The lowest BCUT2D eigenvalue weighted by molar-refractivity contribution is -0.671. The Morgan fingerprint density at radius 1 is 0.903 bits per heavy atom. The second-order valence-electron chi connectivity index (χ2n) is 7.17. The van der Waals surface area contributed by atoms with Crippen LogP contribution in [0.1, 0.15) is 36.5 Å². The lowest BCUT2D eigenvalue weighted by Crippen LogP contribution is -2.25. The van der Waals surface area contributed by atoms with Crippen molar-refractivity contribution in [3.05, 3.63) is 89.7 Å². The van der Waals surface area contributed by atoms with E-state index in [1.807, 2.05) is 43.1 Å². The summed E-state index contributed by atoms with van der Waals surface area (Å²) in [5, 5.41) is 0. The number of aryl methyl sites for hydroxylation is 2. The number of rotatable bonds is 7. The van der Waals surface area contributed by atoms with Crippen molar-refractivity contribution in [3.63, 3.8) is 0 Å². The summed E-state index contributed by atoms with van der Waals surface area (Å²) in [4.78, 5) is -0.178. The molecule has 0 fully saturated rings. The summed E-state index contributed by atoms with van der Waals surface area (Å²) in [6.45, 7) is 4.79. The predicted octanol–water partition coefficient (Wildman–Crippen LogP) is 4.76. The van der Waals surface area contributed by atoms with Gasteiger partial charge in [-0.3, -0.25) is 0 Å².